The zero-order chi connectivity index (χ0) is 14.9. The quantitative estimate of drug-likeness (QED) is 0.854. The Balaban J connectivity index is 1.78. The molecular formula is C15H23N3O2S. The molecule has 0 saturated carbocycles. The molecule has 0 amide bonds. The molecule has 0 aliphatic carbocycles. The number of anilines is 1. The number of hydrogen-bond acceptors (Lipinski definition) is 4. The van der Waals surface area contributed by atoms with Crippen molar-refractivity contribution < 1.29 is 8.42 Å². The molecule has 0 radical (unpaired) electrons. The Hall–Kier alpha value is -1.14. The molecule has 2 saturated heterocycles. The van der Waals surface area contributed by atoms with Gasteiger partial charge in [0.2, 0.25) is 10.0 Å². The van der Waals surface area contributed by atoms with E-state index in [1.165, 1.54) is 19.1 Å². The molecule has 0 N–H and O–H groups in total. The first kappa shape index (κ1) is 14.8. The molecule has 1 atom stereocenters. The van der Waals surface area contributed by atoms with Crippen molar-refractivity contribution in [3.05, 3.63) is 23.9 Å². The summed E-state index contributed by atoms with van der Waals surface area (Å²) in [5.74, 6) is 1.26. The lowest BCUT2D eigenvalue weighted by Gasteiger charge is -2.31. The van der Waals surface area contributed by atoms with Crippen molar-refractivity contribution in [2.75, 3.05) is 37.3 Å². The Morgan fingerprint density at radius 3 is 2.62 bits per heavy atom. The van der Waals surface area contributed by atoms with E-state index >= 15 is 0 Å². The van der Waals surface area contributed by atoms with Gasteiger partial charge in [-0.15, -0.1) is 0 Å². The van der Waals surface area contributed by atoms with Gasteiger partial charge in [-0.1, -0.05) is 6.07 Å². The van der Waals surface area contributed by atoms with Gasteiger partial charge in [0, 0.05) is 37.8 Å². The maximum Gasteiger partial charge on any atom is 0.211 e. The van der Waals surface area contributed by atoms with E-state index < -0.39 is 10.0 Å². The second kappa shape index (κ2) is 5.93. The first-order chi connectivity index (χ1) is 10.0. The summed E-state index contributed by atoms with van der Waals surface area (Å²) >= 11 is 0. The van der Waals surface area contributed by atoms with Crippen LogP contribution < -0.4 is 4.90 Å². The predicted molar refractivity (Wildman–Crippen MR) is 84.1 cm³/mol. The number of pyridine rings is 1. The average molecular weight is 309 g/mol. The van der Waals surface area contributed by atoms with Crippen LogP contribution in [-0.2, 0) is 10.0 Å². The molecule has 21 heavy (non-hydrogen) atoms. The van der Waals surface area contributed by atoms with Crippen LogP contribution in [0.3, 0.4) is 0 Å². The van der Waals surface area contributed by atoms with Gasteiger partial charge in [0.1, 0.15) is 5.82 Å². The highest BCUT2D eigenvalue weighted by molar-refractivity contribution is 7.88. The van der Waals surface area contributed by atoms with Gasteiger partial charge in [-0.05, 0) is 37.8 Å². The van der Waals surface area contributed by atoms with Gasteiger partial charge in [0.05, 0.1) is 6.26 Å². The van der Waals surface area contributed by atoms with Gasteiger partial charge < -0.3 is 4.90 Å². The van der Waals surface area contributed by atoms with E-state index in [-0.39, 0.29) is 5.92 Å². The number of rotatable bonds is 3. The lowest BCUT2D eigenvalue weighted by molar-refractivity contribution is 0.314. The third-order valence-electron chi connectivity index (χ3n) is 4.46. The van der Waals surface area contributed by atoms with Gasteiger partial charge in [-0.2, -0.15) is 0 Å². The van der Waals surface area contributed by atoms with E-state index in [0.29, 0.717) is 13.1 Å². The zero-order valence-corrected chi connectivity index (χ0v) is 13.3. The average Bonchev–Trinajstić information content (AvgIpc) is 3.01. The Morgan fingerprint density at radius 1 is 1.14 bits per heavy atom. The summed E-state index contributed by atoms with van der Waals surface area (Å²) in [5.41, 5.74) is 1.03. The standard InChI is InChI=1S/C15H23N3O2S/c1-21(19,20)18-11-5-6-13(12-18)14-7-4-8-15(16-14)17-9-2-3-10-17/h4,7-8,13H,2-3,5-6,9-12H2,1H3. The van der Waals surface area contributed by atoms with Crippen LogP contribution in [0.15, 0.2) is 18.2 Å². The van der Waals surface area contributed by atoms with Crippen LogP contribution in [0.25, 0.3) is 0 Å². The number of hydrogen-bond donors (Lipinski definition) is 0. The first-order valence-electron chi connectivity index (χ1n) is 7.71. The summed E-state index contributed by atoms with van der Waals surface area (Å²) in [5, 5.41) is 0. The number of aromatic nitrogens is 1. The fourth-order valence-electron chi connectivity index (χ4n) is 3.27. The summed E-state index contributed by atoms with van der Waals surface area (Å²) in [4.78, 5) is 7.12. The monoisotopic (exact) mass is 309 g/mol. The van der Waals surface area contributed by atoms with Crippen LogP contribution in [0.5, 0.6) is 0 Å². The van der Waals surface area contributed by atoms with E-state index in [0.717, 1.165) is 37.4 Å². The van der Waals surface area contributed by atoms with E-state index in [1.54, 1.807) is 4.31 Å². The van der Waals surface area contributed by atoms with Gasteiger partial charge in [0.25, 0.3) is 0 Å². The van der Waals surface area contributed by atoms with Gasteiger partial charge in [-0.3, -0.25) is 0 Å². The van der Waals surface area contributed by atoms with Gasteiger partial charge in [-0.25, -0.2) is 17.7 Å². The van der Waals surface area contributed by atoms with Gasteiger partial charge >= 0.3 is 0 Å². The fourth-order valence-corrected chi connectivity index (χ4v) is 4.19. The Kier molecular flexibility index (Phi) is 4.17. The van der Waals surface area contributed by atoms with Crippen LogP contribution >= 0.6 is 0 Å². The molecule has 1 unspecified atom stereocenters. The minimum absolute atomic E-state index is 0.219. The topological polar surface area (TPSA) is 53.5 Å². The first-order valence-corrected chi connectivity index (χ1v) is 9.56. The largest absolute Gasteiger partial charge is 0.357 e. The maximum atomic E-state index is 11.7. The maximum absolute atomic E-state index is 11.7. The van der Waals surface area contributed by atoms with Crippen LogP contribution in [0, 0.1) is 0 Å². The molecule has 116 valence electrons. The Morgan fingerprint density at radius 2 is 1.90 bits per heavy atom. The van der Waals surface area contributed by atoms with Gasteiger partial charge in [0.15, 0.2) is 0 Å². The predicted octanol–water partition coefficient (Wildman–Crippen LogP) is 1.82. The molecule has 2 aliphatic rings. The third kappa shape index (κ3) is 3.37. The van der Waals surface area contributed by atoms with Crippen molar-refractivity contribution in [3.63, 3.8) is 0 Å². The lowest BCUT2D eigenvalue weighted by atomic mass is 9.95. The second-order valence-corrected chi connectivity index (χ2v) is 8.06. The van der Waals surface area contributed by atoms with Crippen LogP contribution in [0.2, 0.25) is 0 Å². The molecule has 1 aromatic rings. The van der Waals surface area contributed by atoms with E-state index in [9.17, 15) is 8.42 Å². The minimum Gasteiger partial charge on any atom is -0.357 e. The fraction of sp³-hybridized carbons (Fsp3) is 0.667. The van der Waals surface area contributed by atoms with Crippen LogP contribution in [0.1, 0.15) is 37.3 Å². The van der Waals surface area contributed by atoms with Crippen molar-refractivity contribution in [1.82, 2.24) is 9.29 Å². The molecule has 5 nitrogen and oxygen atoms in total. The third-order valence-corrected chi connectivity index (χ3v) is 5.73. The summed E-state index contributed by atoms with van der Waals surface area (Å²) in [6, 6.07) is 6.15. The SMILES string of the molecule is CS(=O)(=O)N1CCCC(c2cccc(N3CCCC3)n2)C1. The Labute approximate surface area is 127 Å². The highest BCUT2D eigenvalue weighted by Crippen LogP contribution is 2.28. The summed E-state index contributed by atoms with van der Waals surface area (Å²) in [7, 11) is -3.10. The highest BCUT2D eigenvalue weighted by atomic mass is 32.2. The molecule has 0 spiro atoms. The van der Waals surface area contributed by atoms with E-state index in [4.69, 9.17) is 4.98 Å². The normalized spacial score (nSPS) is 24.4. The molecule has 1 aromatic heterocycles. The Bertz CT molecular complexity index is 597. The van der Waals surface area contributed by atoms with Crippen molar-refractivity contribution in [3.8, 4) is 0 Å². The lowest BCUT2D eigenvalue weighted by Crippen LogP contribution is -2.38. The molecular weight excluding hydrogens is 286 g/mol. The van der Waals surface area contributed by atoms with Crippen molar-refractivity contribution in [1.29, 1.82) is 0 Å². The molecule has 3 rings (SSSR count). The summed E-state index contributed by atoms with van der Waals surface area (Å²) < 4.78 is 25.1. The van der Waals surface area contributed by atoms with Crippen molar-refractivity contribution in [2.45, 2.75) is 31.6 Å². The molecule has 6 heteroatoms. The van der Waals surface area contributed by atoms with Crippen molar-refractivity contribution >= 4 is 15.8 Å². The molecule has 0 aromatic carbocycles. The van der Waals surface area contributed by atoms with E-state index in [2.05, 4.69) is 17.0 Å². The minimum atomic E-state index is -3.10. The number of sulfonamides is 1. The number of nitrogens with zero attached hydrogens (tertiary/aromatic N) is 3. The molecule has 0 bridgehead atoms. The summed E-state index contributed by atoms with van der Waals surface area (Å²) in [6.07, 6.45) is 5.69. The van der Waals surface area contributed by atoms with Crippen molar-refractivity contribution in [2.24, 2.45) is 0 Å². The summed E-state index contributed by atoms with van der Waals surface area (Å²) in [6.45, 7) is 3.36. The second-order valence-electron chi connectivity index (χ2n) is 6.07. The smallest absolute Gasteiger partial charge is 0.211 e. The van der Waals surface area contributed by atoms with Crippen LogP contribution in [-0.4, -0.2) is 50.1 Å². The molecule has 2 fully saturated rings. The number of piperidine rings is 1. The van der Waals surface area contributed by atoms with Crippen LogP contribution in [0.4, 0.5) is 5.82 Å². The highest BCUT2D eigenvalue weighted by Gasteiger charge is 2.28. The molecule has 3 heterocycles. The zero-order valence-electron chi connectivity index (χ0n) is 12.5. The molecule has 2 aliphatic heterocycles. The van der Waals surface area contributed by atoms with E-state index in [1.807, 2.05) is 6.07 Å².